The van der Waals surface area contributed by atoms with Crippen molar-refractivity contribution in [1.82, 2.24) is 10.2 Å². The molecule has 2 nitrogen and oxygen atoms in total. The maximum absolute atomic E-state index is 3.65. The van der Waals surface area contributed by atoms with Crippen LogP contribution < -0.4 is 5.32 Å². The normalized spacial score (nSPS) is 16.8. The van der Waals surface area contributed by atoms with Gasteiger partial charge in [-0.3, -0.25) is 0 Å². The van der Waals surface area contributed by atoms with E-state index in [2.05, 4.69) is 58.9 Å². The van der Waals surface area contributed by atoms with Crippen LogP contribution in [0.2, 0.25) is 0 Å². The fourth-order valence-electron chi connectivity index (χ4n) is 1.90. The van der Waals surface area contributed by atoms with Gasteiger partial charge in [0.1, 0.15) is 0 Å². The van der Waals surface area contributed by atoms with Gasteiger partial charge in [0.15, 0.2) is 0 Å². The SMILES string of the molecule is CC[C@@H](C)[C@H](C)NCC(C)(C)CN(C)C. The van der Waals surface area contributed by atoms with Crippen molar-refractivity contribution in [3.63, 3.8) is 0 Å². The van der Waals surface area contributed by atoms with Crippen molar-refractivity contribution < 1.29 is 0 Å². The molecule has 0 saturated heterocycles. The van der Waals surface area contributed by atoms with Crippen molar-refractivity contribution in [3.05, 3.63) is 0 Å². The summed E-state index contributed by atoms with van der Waals surface area (Å²) < 4.78 is 0. The Bertz CT molecular complexity index is 164. The van der Waals surface area contributed by atoms with Crippen LogP contribution in [0.5, 0.6) is 0 Å². The van der Waals surface area contributed by atoms with Gasteiger partial charge in [-0.25, -0.2) is 0 Å². The molecule has 0 rings (SSSR count). The van der Waals surface area contributed by atoms with E-state index in [1.54, 1.807) is 0 Å². The highest BCUT2D eigenvalue weighted by Crippen LogP contribution is 2.16. The average Bonchev–Trinajstić information content (AvgIpc) is 2.11. The monoisotopic (exact) mass is 214 g/mol. The van der Waals surface area contributed by atoms with E-state index in [0.29, 0.717) is 11.5 Å². The second kappa shape index (κ2) is 6.49. The van der Waals surface area contributed by atoms with Gasteiger partial charge in [-0.1, -0.05) is 34.1 Å². The Morgan fingerprint density at radius 1 is 1.20 bits per heavy atom. The summed E-state index contributed by atoms with van der Waals surface area (Å²) in [6.07, 6.45) is 1.25. The second-order valence-electron chi connectivity index (χ2n) is 5.96. The Labute approximate surface area is 96.4 Å². The Morgan fingerprint density at radius 3 is 2.13 bits per heavy atom. The minimum absolute atomic E-state index is 0.352. The first-order valence-electron chi connectivity index (χ1n) is 6.16. The lowest BCUT2D eigenvalue weighted by Crippen LogP contribution is -2.42. The Kier molecular flexibility index (Phi) is 6.46. The first kappa shape index (κ1) is 14.9. The van der Waals surface area contributed by atoms with Crippen LogP contribution in [0, 0.1) is 11.3 Å². The van der Waals surface area contributed by atoms with E-state index in [1.165, 1.54) is 6.42 Å². The molecule has 0 aromatic carbocycles. The van der Waals surface area contributed by atoms with Crippen LogP contribution >= 0.6 is 0 Å². The van der Waals surface area contributed by atoms with Crippen molar-refractivity contribution in [1.29, 1.82) is 0 Å². The van der Waals surface area contributed by atoms with E-state index in [4.69, 9.17) is 0 Å². The number of nitrogens with zero attached hydrogens (tertiary/aromatic N) is 1. The molecule has 2 heteroatoms. The third-order valence-electron chi connectivity index (χ3n) is 3.14. The van der Waals surface area contributed by atoms with Crippen molar-refractivity contribution in [3.8, 4) is 0 Å². The third-order valence-corrected chi connectivity index (χ3v) is 3.14. The molecule has 0 aromatic heterocycles. The predicted octanol–water partition coefficient (Wildman–Crippen LogP) is 2.60. The standard InChI is InChI=1S/C13H30N2/c1-8-11(2)12(3)14-9-13(4,5)10-15(6)7/h11-12,14H,8-10H2,1-7H3/t11-,12+/m1/s1. The van der Waals surface area contributed by atoms with Crippen LogP contribution in [0.15, 0.2) is 0 Å². The summed E-state index contributed by atoms with van der Waals surface area (Å²) in [5.74, 6) is 0.764. The van der Waals surface area contributed by atoms with Crippen molar-refractivity contribution in [2.45, 2.75) is 47.1 Å². The number of nitrogens with one attached hydrogen (secondary N) is 1. The van der Waals surface area contributed by atoms with Crippen LogP contribution in [0.25, 0.3) is 0 Å². The van der Waals surface area contributed by atoms with Gasteiger partial charge >= 0.3 is 0 Å². The fraction of sp³-hybridized carbons (Fsp3) is 1.00. The first-order valence-corrected chi connectivity index (χ1v) is 6.16. The summed E-state index contributed by atoms with van der Waals surface area (Å²) in [6.45, 7) is 13.7. The van der Waals surface area contributed by atoms with E-state index >= 15 is 0 Å². The molecule has 2 atom stereocenters. The summed E-state index contributed by atoms with van der Waals surface area (Å²) in [5.41, 5.74) is 0.352. The zero-order valence-corrected chi connectivity index (χ0v) is 11.7. The van der Waals surface area contributed by atoms with E-state index in [9.17, 15) is 0 Å². The summed E-state index contributed by atoms with van der Waals surface area (Å²) >= 11 is 0. The van der Waals surface area contributed by atoms with Gasteiger partial charge in [0.2, 0.25) is 0 Å². The van der Waals surface area contributed by atoms with Crippen molar-refractivity contribution >= 4 is 0 Å². The molecule has 92 valence electrons. The average molecular weight is 214 g/mol. The molecule has 0 bridgehead atoms. The molecule has 0 unspecified atom stereocenters. The Hall–Kier alpha value is -0.0800. The molecular weight excluding hydrogens is 184 g/mol. The smallest absolute Gasteiger partial charge is 0.00644 e. The zero-order chi connectivity index (χ0) is 12.1. The van der Waals surface area contributed by atoms with Gasteiger partial charge in [-0.05, 0) is 32.4 Å². The van der Waals surface area contributed by atoms with E-state index in [0.717, 1.165) is 19.0 Å². The van der Waals surface area contributed by atoms with Crippen LogP contribution in [-0.4, -0.2) is 38.1 Å². The molecule has 0 spiro atoms. The topological polar surface area (TPSA) is 15.3 Å². The van der Waals surface area contributed by atoms with Crippen LogP contribution in [-0.2, 0) is 0 Å². The van der Waals surface area contributed by atoms with Gasteiger partial charge in [0.05, 0.1) is 0 Å². The minimum atomic E-state index is 0.352. The van der Waals surface area contributed by atoms with Gasteiger partial charge in [0, 0.05) is 19.1 Å². The summed E-state index contributed by atoms with van der Waals surface area (Å²) in [4.78, 5) is 2.26. The zero-order valence-electron chi connectivity index (χ0n) is 11.7. The minimum Gasteiger partial charge on any atom is -0.313 e. The molecule has 0 aliphatic carbocycles. The lowest BCUT2D eigenvalue weighted by molar-refractivity contribution is 0.218. The first-order chi connectivity index (χ1) is 6.78. The number of hydrogen-bond acceptors (Lipinski definition) is 2. The molecule has 0 fully saturated rings. The molecular formula is C13H30N2. The molecule has 0 aliphatic rings. The highest BCUT2D eigenvalue weighted by Gasteiger charge is 2.20. The molecule has 0 heterocycles. The maximum Gasteiger partial charge on any atom is 0.00644 e. The van der Waals surface area contributed by atoms with Crippen LogP contribution in [0.3, 0.4) is 0 Å². The van der Waals surface area contributed by atoms with Gasteiger partial charge < -0.3 is 10.2 Å². The van der Waals surface area contributed by atoms with E-state index < -0.39 is 0 Å². The predicted molar refractivity (Wildman–Crippen MR) is 69.3 cm³/mol. The highest BCUT2D eigenvalue weighted by molar-refractivity contribution is 4.77. The molecule has 0 saturated carbocycles. The lowest BCUT2D eigenvalue weighted by atomic mass is 9.91. The highest BCUT2D eigenvalue weighted by atomic mass is 15.1. The Balaban J connectivity index is 3.92. The van der Waals surface area contributed by atoms with Gasteiger partial charge in [-0.15, -0.1) is 0 Å². The fourth-order valence-corrected chi connectivity index (χ4v) is 1.90. The molecule has 0 radical (unpaired) electrons. The van der Waals surface area contributed by atoms with Gasteiger partial charge in [-0.2, -0.15) is 0 Å². The quantitative estimate of drug-likeness (QED) is 0.701. The van der Waals surface area contributed by atoms with Crippen molar-refractivity contribution in [2.24, 2.45) is 11.3 Å². The number of rotatable bonds is 7. The van der Waals surface area contributed by atoms with Crippen LogP contribution in [0.1, 0.15) is 41.0 Å². The van der Waals surface area contributed by atoms with E-state index in [1.807, 2.05) is 0 Å². The van der Waals surface area contributed by atoms with Crippen molar-refractivity contribution in [2.75, 3.05) is 27.2 Å². The molecule has 0 aliphatic heterocycles. The summed E-state index contributed by atoms with van der Waals surface area (Å²) in [6, 6.07) is 0.622. The largest absolute Gasteiger partial charge is 0.313 e. The maximum atomic E-state index is 3.65. The third kappa shape index (κ3) is 6.91. The second-order valence-corrected chi connectivity index (χ2v) is 5.96. The molecule has 0 amide bonds. The molecule has 15 heavy (non-hydrogen) atoms. The van der Waals surface area contributed by atoms with E-state index in [-0.39, 0.29) is 0 Å². The summed E-state index contributed by atoms with van der Waals surface area (Å²) in [7, 11) is 4.28. The van der Waals surface area contributed by atoms with Crippen LogP contribution in [0.4, 0.5) is 0 Å². The molecule has 1 N–H and O–H groups in total. The Morgan fingerprint density at radius 2 is 1.73 bits per heavy atom. The molecule has 0 aromatic rings. The summed E-state index contributed by atoms with van der Waals surface area (Å²) in [5, 5.41) is 3.65. The van der Waals surface area contributed by atoms with Gasteiger partial charge in [0.25, 0.3) is 0 Å². The lowest BCUT2D eigenvalue weighted by Gasteiger charge is -2.31. The number of hydrogen-bond donors (Lipinski definition) is 1.